The SMILES string of the molecule is CCCCOC(=O)C1=C(C)Nc2nc(SCCCC)nn2C1c1ccc(OCc2ccccc2Cl)cc1. The second-order valence-corrected chi connectivity index (χ2v) is 10.3. The van der Waals surface area contributed by atoms with Gasteiger partial charge in [0, 0.05) is 22.0 Å². The molecule has 4 rings (SSSR count). The van der Waals surface area contributed by atoms with Gasteiger partial charge in [0.25, 0.3) is 0 Å². The first-order valence-corrected chi connectivity index (χ1v) is 14.1. The molecule has 0 radical (unpaired) electrons. The lowest BCUT2D eigenvalue weighted by Gasteiger charge is -2.28. The quantitative estimate of drug-likeness (QED) is 0.150. The highest BCUT2D eigenvalue weighted by atomic mass is 35.5. The van der Waals surface area contributed by atoms with Crippen molar-refractivity contribution in [2.45, 2.75) is 64.3 Å². The monoisotopic (exact) mass is 540 g/mol. The van der Waals surface area contributed by atoms with Gasteiger partial charge in [-0.1, -0.05) is 80.4 Å². The number of nitrogens with zero attached hydrogens (tertiary/aromatic N) is 3. The molecule has 0 fully saturated rings. The average Bonchev–Trinajstić information content (AvgIpc) is 3.30. The van der Waals surface area contributed by atoms with E-state index in [9.17, 15) is 4.79 Å². The number of unbranched alkanes of at least 4 members (excludes halogenated alkanes) is 2. The Morgan fingerprint density at radius 1 is 1.11 bits per heavy atom. The van der Waals surface area contributed by atoms with E-state index >= 15 is 0 Å². The molecule has 1 unspecified atom stereocenters. The van der Waals surface area contributed by atoms with Crippen molar-refractivity contribution in [1.82, 2.24) is 14.8 Å². The van der Waals surface area contributed by atoms with Gasteiger partial charge in [0.1, 0.15) is 18.4 Å². The molecule has 1 aromatic heterocycles. The second-order valence-electron chi connectivity index (χ2n) is 8.87. The number of aromatic nitrogens is 3. The largest absolute Gasteiger partial charge is 0.489 e. The van der Waals surface area contributed by atoms with Crippen LogP contribution < -0.4 is 10.1 Å². The van der Waals surface area contributed by atoms with E-state index in [0.717, 1.165) is 48.3 Å². The molecule has 0 amide bonds. The molecule has 37 heavy (non-hydrogen) atoms. The van der Waals surface area contributed by atoms with Gasteiger partial charge in [-0.05, 0) is 43.5 Å². The predicted molar refractivity (Wildman–Crippen MR) is 148 cm³/mol. The number of anilines is 1. The van der Waals surface area contributed by atoms with E-state index in [-0.39, 0.29) is 5.97 Å². The van der Waals surface area contributed by atoms with Crippen molar-refractivity contribution in [2.24, 2.45) is 0 Å². The highest BCUT2D eigenvalue weighted by Crippen LogP contribution is 2.37. The van der Waals surface area contributed by atoms with Crippen LogP contribution in [-0.2, 0) is 16.1 Å². The summed E-state index contributed by atoms with van der Waals surface area (Å²) in [5.74, 6) is 1.93. The van der Waals surface area contributed by atoms with Crippen molar-refractivity contribution in [3.05, 3.63) is 76.0 Å². The van der Waals surface area contributed by atoms with E-state index in [4.69, 9.17) is 26.2 Å². The number of ether oxygens (including phenoxy) is 2. The Morgan fingerprint density at radius 2 is 1.86 bits per heavy atom. The number of fused-ring (bicyclic) bond motifs is 1. The molecule has 2 aromatic carbocycles. The molecule has 2 heterocycles. The van der Waals surface area contributed by atoms with Crippen LogP contribution in [0.2, 0.25) is 5.02 Å². The molecule has 3 aromatic rings. The Hall–Kier alpha value is -2.97. The Kier molecular flexibility index (Phi) is 9.52. The first kappa shape index (κ1) is 27.1. The Bertz CT molecular complexity index is 1240. The molecule has 7 nitrogen and oxygen atoms in total. The summed E-state index contributed by atoms with van der Waals surface area (Å²) in [6.45, 7) is 6.86. The van der Waals surface area contributed by atoms with E-state index in [0.29, 0.717) is 40.7 Å². The Labute approximate surface area is 227 Å². The van der Waals surface area contributed by atoms with Gasteiger partial charge in [0.15, 0.2) is 0 Å². The van der Waals surface area contributed by atoms with Gasteiger partial charge in [-0.2, -0.15) is 4.98 Å². The zero-order valence-electron chi connectivity index (χ0n) is 21.5. The van der Waals surface area contributed by atoms with Crippen LogP contribution in [0, 0.1) is 0 Å². The number of carbonyl (C=O) groups is 1. The van der Waals surface area contributed by atoms with Gasteiger partial charge in [-0.15, -0.1) is 5.10 Å². The van der Waals surface area contributed by atoms with E-state index in [1.165, 1.54) is 0 Å². The van der Waals surface area contributed by atoms with E-state index in [1.807, 2.05) is 55.5 Å². The molecule has 0 bridgehead atoms. The number of nitrogens with one attached hydrogen (secondary N) is 1. The molecule has 196 valence electrons. The van der Waals surface area contributed by atoms with Crippen molar-refractivity contribution in [3.8, 4) is 5.75 Å². The first-order valence-electron chi connectivity index (χ1n) is 12.7. The van der Waals surface area contributed by atoms with Gasteiger partial charge in [-0.3, -0.25) is 0 Å². The second kappa shape index (κ2) is 13.0. The van der Waals surface area contributed by atoms with E-state index in [1.54, 1.807) is 16.4 Å². The molecule has 0 saturated heterocycles. The van der Waals surface area contributed by atoms with Crippen molar-refractivity contribution in [2.75, 3.05) is 17.7 Å². The molecule has 1 N–H and O–H groups in total. The van der Waals surface area contributed by atoms with Crippen LogP contribution in [0.15, 0.2) is 65.0 Å². The van der Waals surface area contributed by atoms with Crippen molar-refractivity contribution in [3.63, 3.8) is 0 Å². The Balaban J connectivity index is 1.60. The van der Waals surface area contributed by atoms with Gasteiger partial charge < -0.3 is 14.8 Å². The molecular weight excluding hydrogens is 508 g/mol. The molecule has 0 aliphatic carbocycles. The maximum atomic E-state index is 13.2. The number of hydrogen-bond acceptors (Lipinski definition) is 7. The van der Waals surface area contributed by atoms with Gasteiger partial charge >= 0.3 is 5.97 Å². The maximum absolute atomic E-state index is 13.2. The van der Waals surface area contributed by atoms with E-state index < -0.39 is 6.04 Å². The number of halogens is 1. The van der Waals surface area contributed by atoms with Crippen LogP contribution in [0.25, 0.3) is 0 Å². The van der Waals surface area contributed by atoms with Crippen LogP contribution >= 0.6 is 23.4 Å². The normalized spacial score (nSPS) is 14.8. The highest BCUT2D eigenvalue weighted by molar-refractivity contribution is 7.99. The number of hydrogen-bond donors (Lipinski definition) is 1. The fourth-order valence-electron chi connectivity index (χ4n) is 3.98. The number of thioether (sulfide) groups is 1. The zero-order chi connectivity index (χ0) is 26.2. The number of carbonyl (C=O) groups excluding carboxylic acids is 1. The zero-order valence-corrected chi connectivity index (χ0v) is 23.1. The fraction of sp³-hybridized carbons (Fsp3) is 0.393. The minimum absolute atomic E-state index is 0.344. The lowest BCUT2D eigenvalue weighted by atomic mass is 9.96. The molecule has 1 atom stereocenters. The molecular formula is C28H33ClN4O3S. The smallest absolute Gasteiger partial charge is 0.338 e. The molecule has 9 heteroatoms. The van der Waals surface area contributed by atoms with Crippen molar-refractivity contribution >= 4 is 35.3 Å². The average molecular weight is 541 g/mol. The summed E-state index contributed by atoms with van der Waals surface area (Å²) < 4.78 is 13.4. The third kappa shape index (κ3) is 6.67. The summed E-state index contributed by atoms with van der Waals surface area (Å²) in [6, 6.07) is 14.9. The van der Waals surface area contributed by atoms with Crippen molar-refractivity contribution < 1.29 is 14.3 Å². The molecule has 1 aliphatic heterocycles. The highest BCUT2D eigenvalue weighted by Gasteiger charge is 2.35. The Morgan fingerprint density at radius 3 is 2.59 bits per heavy atom. The summed E-state index contributed by atoms with van der Waals surface area (Å²) in [4.78, 5) is 17.9. The van der Waals surface area contributed by atoms with Crippen LogP contribution in [-0.4, -0.2) is 33.1 Å². The lowest BCUT2D eigenvalue weighted by molar-refractivity contribution is -0.139. The van der Waals surface area contributed by atoms with Gasteiger partial charge in [0.2, 0.25) is 11.1 Å². The van der Waals surface area contributed by atoms with Gasteiger partial charge in [0.05, 0.1) is 12.2 Å². The summed E-state index contributed by atoms with van der Waals surface area (Å²) in [7, 11) is 0. The number of benzene rings is 2. The first-order chi connectivity index (χ1) is 18.0. The lowest BCUT2D eigenvalue weighted by Crippen LogP contribution is -2.29. The van der Waals surface area contributed by atoms with Gasteiger partial charge in [-0.25, -0.2) is 9.48 Å². The molecule has 0 saturated carbocycles. The van der Waals surface area contributed by atoms with Crippen molar-refractivity contribution in [1.29, 1.82) is 0 Å². The number of rotatable bonds is 12. The third-order valence-corrected chi connectivity index (χ3v) is 7.35. The summed E-state index contributed by atoms with van der Waals surface area (Å²) in [5, 5.41) is 9.40. The van der Waals surface area contributed by atoms with Crippen LogP contribution in [0.5, 0.6) is 5.75 Å². The third-order valence-electron chi connectivity index (χ3n) is 6.06. The van der Waals surface area contributed by atoms with E-state index in [2.05, 4.69) is 24.1 Å². The molecule has 1 aliphatic rings. The summed E-state index contributed by atoms with van der Waals surface area (Å²) >= 11 is 7.88. The fourth-order valence-corrected chi connectivity index (χ4v) is 5.09. The minimum Gasteiger partial charge on any atom is -0.489 e. The minimum atomic E-state index is -0.462. The summed E-state index contributed by atoms with van der Waals surface area (Å²) in [6.07, 6.45) is 3.97. The van der Waals surface area contributed by atoms with Crippen LogP contribution in [0.3, 0.4) is 0 Å². The number of allylic oxidation sites excluding steroid dienone is 1. The predicted octanol–water partition coefficient (Wildman–Crippen LogP) is 7.03. The van der Waals surface area contributed by atoms with Crippen LogP contribution in [0.1, 0.15) is 63.6 Å². The summed E-state index contributed by atoms with van der Waals surface area (Å²) in [5.41, 5.74) is 3.06. The topological polar surface area (TPSA) is 78.3 Å². The van der Waals surface area contributed by atoms with Crippen LogP contribution in [0.4, 0.5) is 5.95 Å². The number of esters is 1. The standard InChI is InChI=1S/C28H33ClN4O3S/c1-4-6-16-35-26(34)24-19(3)30-27-31-28(37-17-7-5-2)32-33(27)25(24)20-12-14-22(15-13-20)36-18-21-10-8-9-11-23(21)29/h8-15,25H,4-7,16-18H2,1-3H3,(H,30,31,32). The maximum Gasteiger partial charge on any atom is 0.338 e. The molecule has 0 spiro atoms.